The molecule has 2 aliphatic heterocycles. The Morgan fingerprint density at radius 1 is 0.909 bits per heavy atom. The van der Waals surface area contributed by atoms with Gasteiger partial charge in [-0.2, -0.15) is 5.10 Å². The fourth-order valence-electron chi connectivity index (χ4n) is 4.30. The van der Waals surface area contributed by atoms with Gasteiger partial charge in [-0.25, -0.2) is 5.01 Å². The molecule has 0 aliphatic carbocycles. The summed E-state index contributed by atoms with van der Waals surface area (Å²) in [6.07, 6.45) is 0.181. The summed E-state index contributed by atoms with van der Waals surface area (Å²) in [4.78, 5) is 0. The van der Waals surface area contributed by atoms with Crippen LogP contribution in [0.1, 0.15) is 35.4 Å². The Labute approximate surface area is 202 Å². The maximum Gasteiger partial charge on any atom is 0.214 e. The smallest absolute Gasteiger partial charge is 0.214 e. The van der Waals surface area contributed by atoms with Gasteiger partial charge in [0.15, 0.2) is 11.5 Å². The van der Waals surface area contributed by atoms with Crippen molar-refractivity contribution in [2.75, 3.05) is 21.3 Å². The van der Waals surface area contributed by atoms with Crippen LogP contribution in [-0.2, 0) is 0 Å². The van der Waals surface area contributed by atoms with Gasteiger partial charge in [0.2, 0.25) is 6.23 Å². The van der Waals surface area contributed by atoms with Crippen molar-refractivity contribution in [1.29, 1.82) is 0 Å². The van der Waals surface area contributed by atoms with E-state index in [0.717, 1.165) is 28.2 Å². The Kier molecular flexibility index (Phi) is 5.72. The van der Waals surface area contributed by atoms with E-state index in [1.807, 2.05) is 53.5 Å². The van der Waals surface area contributed by atoms with Crippen LogP contribution in [0.3, 0.4) is 0 Å². The SMILES string of the molecule is COc1ccc(C2=NN3[C@H](C2)c2cc(Cl)cc(Cl)c2O[C@@H]3c2ccc(OC)c(OC)c2)cc1. The number of hydrogen-bond acceptors (Lipinski definition) is 6. The fraction of sp³-hybridized carbons (Fsp3) is 0.240. The Morgan fingerprint density at radius 3 is 2.36 bits per heavy atom. The van der Waals surface area contributed by atoms with Crippen molar-refractivity contribution in [2.45, 2.75) is 18.7 Å². The highest BCUT2D eigenvalue weighted by molar-refractivity contribution is 6.35. The molecule has 0 unspecified atom stereocenters. The quantitative estimate of drug-likeness (QED) is 0.427. The van der Waals surface area contributed by atoms with Gasteiger partial charge in [-0.15, -0.1) is 0 Å². The Bertz CT molecular complexity index is 1230. The van der Waals surface area contributed by atoms with E-state index < -0.39 is 6.23 Å². The fourth-order valence-corrected chi connectivity index (χ4v) is 4.85. The molecule has 3 aromatic rings. The first-order chi connectivity index (χ1) is 16.0. The van der Waals surface area contributed by atoms with Crippen LogP contribution in [-0.4, -0.2) is 32.0 Å². The maximum absolute atomic E-state index is 6.56. The molecule has 0 aromatic heterocycles. The molecule has 0 N–H and O–H groups in total. The molecule has 3 aromatic carbocycles. The summed E-state index contributed by atoms with van der Waals surface area (Å²) < 4.78 is 22.6. The third-order valence-electron chi connectivity index (χ3n) is 5.92. The van der Waals surface area contributed by atoms with Gasteiger partial charge >= 0.3 is 0 Å². The van der Waals surface area contributed by atoms with Crippen LogP contribution < -0.4 is 18.9 Å². The van der Waals surface area contributed by atoms with Gasteiger partial charge < -0.3 is 18.9 Å². The number of nitrogens with zero attached hydrogens (tertiary/aromatic N) is 2. The lowest BCUT2D eigenvalue weighted by Crippen LogP contribution is -2.33. The molecular weight excluding hydrogens is 463 g/mol. The van der Waals surface area contributed by atoms with Crippen LogP contribution in [0.15, 0.2) is 59.7 Å². The molecule has 8 heteroatoms. The molecule has 0 radical (unpaired) electrons. The molecule has 6 nitrogen and oxygen atoms in total. The van der Waals surface area contributed by atoms with Crippen molar-refractivity contribution in [3.05, 3.63) is 81.3 Å². The Hall–Kier alpha value is -3.09. The average molecular weight is 485 g/mol. The minimum atomic E-state index is -0.503. The molecule has 5 rings (SSSR count). The zero-order valence-electron chi connectivity index (χ0n) is 18.3. The molecule has 0 bridgehead atoms. The number of rotatable bonds is 5. The first-order valence-electron chi connectivity index (χ1n) is 10.4. The standard InChI is InChI=1S/C25H22Cl2N2O4/c1-30-17-7-4-14(5-8-17)20-13-21-18-11-16(26)12-19(27)24(18)33-25(29(21)28-20)15-6-9-22(31-2)23(10-15)32-3/h4-12,21,25H,13H2,1-3H3/t21-,25-/m1/s1. The second-order valence-electron chi connectivity index (χ2n) is 7.77. The summed E-state index contributed by atoms with van der Waals surface area (Å²) in [6, 6.07) is 17.1. The predicted octanol–water partition coefficient (Wildman–Crippen LogP) is 6.26. The van der Waals surface area contributed by atoms with Crippen molar-refractivity contribution in [3.8, 4) is 23.0 Å². The highest BCUT2D eigenvalue weighted by atomic mass is 35.5. The molecule has 0 fully saturated rings. The van der Waals surface area contributed by atoms with Gasteiger partial charge in [0, 0.05) is 22.6 Å². The van der Waals surface area contributed by atoms with Crippen molar-refractivity contribution in [3.63, 3.8) is 0 Å². The molecule has 2 aliphatic rings. The summed E-state index contributed by atoms with van der Waals surface area (Å²) in [5.41, 5.74) is 3.75. The number of methoxy groups -OCH3 is 3. The summed E-state index contributed by atoms with van der Waals surface area (Å²) in [5, 5.41) is 7.98. The largest absolute Gasteiger partial charge is 0.497 e. The average Bonchev–Trinajstić information content (AvgIpc) is 3.29. The third kappa shape index (κ3) is 3.83. The summed E-state index contributed by atoms with van der Waals surface area (Å²) >= 11 is 12.9. The molecule has 2 heterocycles. The predicted molar refractivity (Wildman–Crippen MR) is 128 cm³/mol. The lowest BCUT2D eigenvalue weighted by Gasteiger charge is -2.38. The first kappa shape index (κ1) is 21.7. The highest BCUT2D eigenvalue weighted by Gasteiger charge is 2.42. The van der Waals surface area contributed by atoms with E-state index in [2.05, 4.69) is 0 Å². The number of halogens is 2. The second kappa shape index (κ2) is 8.69. The number of ether oxygens (including phenoxy) is 4. The van der Waals surface area contributed by atoms with Gasteiger partial charge in [-0.05, 0) is 60.2 Å². The Balaban J connectivity index is 1.60. The van der Waals surface area contributed by atoms with Crippen molar-refractivity contribution < 1.29 is 18.9 Å². The minimum Gasteiger partial charge on any atom is -0.497 e. The third-order valence-corrected chi connectivity index (χ3v) is 6.42. The number of benzene rings is 3. The Morgan fingerprint density at radius 2 is 1.67 bits per heavy atom. The lowest BCUT2D eigenvalue weighted by molar-refractivity contribution is -0.0190. The maximum atomic E-state index is 6.56. The lowest BCUT2D eigenvalue weighted by atomic mass is 9.95. The molecule has 2 atom stereocenters. The molecular formula is C25H22Cl2N2O4. The van der Waals surface area contributed by atoms with Gasteiger partial charge in [0.05, 0.1) is 38.1 Å². The van der Waals surface area contributed by atoms with Crippen LogP contribution in [0.5, 0.6) is 23.0 Å². The van der Waals surface area contributed by atoms with E-state index in [1.165, 1.54) is 0 Å². The zero-order chi connectivity index (χ0) is 23.1. The van der Waals surface area contributed by atoms with Crippen molar-refractivity contribution in [1.82, 2.24) is 5.01 Å². The van der Waals surface area contributed by atoms with Gasteiger partial charge in [-0.3, -0.25) is 0 Å². The van der Waals surface area contributed by atoms with E-state index in [0.29, 0.717) is 33.7 Å². The number of fused-ring (bicyclic) bond motifs is 3. The monoisotopic (exact) mass is 484 g/mol. The van der Waals surface area contributed by atoms with E-state index in [4.69, 9.17) is 47.3 Å². The topological polar surface area (TPSA) is 52.5 Å². The summed E-state index contributed by atoms with van der Waals surface area (Å²) in [7, 11) is 4.87. The number of hydrazone groups is 1. The van der Waals surface area contributed by atoms with Crippen LogP contribution in [0.25, 0.3) is 0 Å². The van der Waals surface area contributed by atoms with Gasteiger partial charge in [-0.1, -0.05) is 23.2 Å². The molecule has 0 amide bonds. The first-order valence-corrected chi connectivity index (χ1v) is 11.2. The van der Waals surface area contributed by atoms with Crippen LogP contribution in [0.2, 0.25) is 10.0 Å². The molecule has 33 heavy (non-hydrogen) atoms. The van der Waals surface area contributed by atoms with Crippen LogP contribution >= 0.6 is 23.2 Å². The number of hydrogen-bond donors (Lipinski definition) is 0. The molecule has 0 spiro atoms. The van der Waals surface area contributed by atoms with E-state index >= 15 is 0 Å². The van der Waals surface area contributed by atoms with E-state index in [1.54, 1.807) is 27.4 Å². The normalized spacial score (nSPS) is 18.7. The van der Waals surface area contributed by atoms with Gasteiger partial charge in [0.25, 0.3) is 0 Å². The van der Waals surface area contributed by atoms with Gasteiger partial charge in [0.1, 0.15) is 11.5 Å². The molecule has 0 saturated heterocycles. The second-order valence-corrected chi connectivity index (χ2v) is 8.61. The minimum absolute atomic E-state index is 0.0832. The van der Waals surface area contributed by atoms with Crippen molar-refractivity contribution in [2.24, 2.45) is 5.10 Å². The summed E-state index contributed by atoms with van der Waals surface area (Å²) in [5.74, 6) is 2.67. The van der Waals surface area contributed by atoms with Crippen LogP contribution in [0.4, 0.5) is 0 Å². The summed E-state index contributed by atoms with van der Waals surface area (Å²) in [6.45, 7) is 0. The molecule has 0 saturated carbocycles. The highest BCUT2D eigenvalue weighted by Crippen LogP contribution is 2.51. The molecule has 170 valence electrons. The zero-order valence-corrected chi connectivity index (χ0v) is 19.9. The van der Waals surface area contributed by atoms with E-state index in [9.17, 15) is 0 Å². The van der Waals surface area contributed by atoms with E-state index in [-0.39, 0.29) is 6.04 Å². The van der Waals surface area contributed by atoms with Crippen LogP contribution in [0, 0.1) is 0 Å². The van der Waals surface area contributed by atoms with Crippen molar-refractivity contribution >= 4 is 28.9 Å².